The third-order valence-electron chi connectivity index (χ3n) is 6.22. The van der Waals surface area contributed by atoms with Gasteiger partial charge >= 0.3 is 0 Å². The van der Waals surface area contributed by atoms with Gasteiger partial charge in [0.05, 0.1) is 26.9 Å². The summed E-state index contributed by atoms with van der Waals surface area (Å²) >= 11 is 0. The van der Waals surface area contributed by atoms with Gasteiger partial charge in [-0.2, -0.15) is 0 Å². The number of benzene rings is 3. The van der Waals surface area contributed by atoms with Crippen LogP contribution >= 0.6 is 0 Å². The maximum absolute atomic E-state index is 10.0. The van der Waals surface area contributed by atoms with Crippen molar-refractivity contribution in [1.29, 1.82) is 0 Å². The van der Waals surface area contributed by atoms with Gasteiger partial charge in [0.1, 0.15) is 17.1 Å². The molecule has 2 atom stereocenters. The summed E-state index contributed by atoms with van der Waals surface area (Å²) in [7, 11) is 3.34. The highest BCUT2D eigenvalue weighted by Crippen LogP contribution is 2.42. The molecule has 0 saturated heterocycles. The van der Waals surface area contributed by atoms with Crippen molar-refractivity contribution in [3.63, 3.8) is 0 Å². The van der Waals surface area contributed by atoms with E-state index in [4.69, 9.17) is 14.2 Å². The lowest BCUT2D eigenvalue weighted by atomic mass is 9.80. The minimum Gasteiger partial charge on any atom is -0.497 e. The highest BCUT2D eigenvalue weighted by molar-refractivity contribution is 5.49. The van der Waals surface area contributed by atoms with E-state index in [1.165, 1.54) is 0 Å². The first kappa shape index (κ1) is 21.4. The lowest BCUT2D eigenvalue weighted by Gasteiger charge is -2.37. The van der Waals surface area contributed by atoms with Gasteiger partial charge in [0, 0.05) is 0 Å². The number of ether oxygens (including phenoxy) is 3. The second-order valence-corrected chi connectivity index (χ2v) is 8.15. The van der Waals surface area contributed by atoms with Crippen molar-refractivity contribution < 1.29 is 19.3 Å². The molecule has 0 aliphatic heterocycles. The Labute approximate surface area is 184 Å². The van der Waals surface area contributed by atoms with Crippen LogP contribution in [0, 0.1) is 5.92 Å². The van der Waals surface area contributed by atoms with Gasteiger partial charge in [0.25, 0.3) is 0 Å². The molecule has 4 heteroatoms. The molecule has 1 saturated carbocycles. The molecule has 3 aromatic carbocycles. The lowest BCUT2D eigenvalue weighted by Crippen LogP contribution is -2.34. The van der Waals surface area contributed by atoms with Crippen molar-refractivity contribution in [1.82, 2.24) is 0 Å². The molecule has 0 aromatic heterocycles. The third-order valence-corrected chi connectivity index (χ3v) is 6.22. The quantitative estimate of drug-likeness (QED) is 0.513. The van der Waals surface area contributed by atoms with Gasteiger partial charge in [-0.1, -0.05) is 54.6 Å². The van der Waals surface area contributed by atoms with Gasteiger partial charge in [0.15, 0.2) is 0 Å². The number of hydrogen-bond donors (Lipinski definition) is 1. The highest BCUT2D eigenvalue weighted by Gasteiger charge is 2.39. The van der Waals surface area contributed by atoms with Crippen molar-refractivity contribution in [3.8, 4) is 11.5 Å². The van der Waals surface area contributed by atoms with E-state index in [1.807, 2.05) is 42.5 Å². The fourth-order valence-corrected chi connectivity index (χ4v) is 4.52. The van der Waals surface area contributed by atoms with Gasteiger partial charge in [0.2, 0.25) is 0 Å². The first-order chi connectivity index (χ1) is 15.2. The molecule has 4 nitrogen and oxygen atoms in total. The average Bonchev–Trinajstić information content (AvgIpc) is 3.26. The number of rotatable bonds is 8. The van der Waals surface area contributed by atoms with Gasteiger partial charge < -0.3 is 19.3 Å². The van der Waals surface area contributed by atoms with Crippen LogP contribution in [-0.2, 0) is 10.3 Å². The van der Waals surface area contributed by atoms with E-state index in [-0.39, 0.29) is 6.10 Å². The summed E-state index contributed by atoms with van der Waals surface area (Å²) in [5.74, 6) is 1.95. The summed E-state index contributed by atoms with van der Waals surface area (Å²) in [6.45, 7) is 0.573. The Morgan fingerprint density at radius 3 is 1.71 bits per heavy atom. The van der Waals surface area contributed by atoms with E-state index in [2.05, 4.69) is 36.4 Å². The summed E-state index contributed by atoms with van der Waals surface area (Å²) in [6, 6.07) is 26.5. The molecular weight excluding hydrogens is 388 g/mol. The molecule has 0 amide bonds. The molecule has 1 N–H and O–H groups in total. The molecule has 162 valence electrons. The van der Waals surface area contributed by atoms with Gasteiger partial charge in [-0.3, -0.25) is 0 Å². The predicted molar refractivity (Wildman–Crippen MR) is 122 cm³/mol. The minimum atomic E-state index is -0.784. The first-order valence-corrected chi connectivity index (χ1v) is 10.8. The van der Waals surface area contributed by atoms with Crippen molar-refractivity contribution in [2.24, 2.45) is 5.92 Å². The first-order valence-electron chi connectivity index (χ1n) is 10.8. The molecule has 31 heavy (non-hydrogen) atoms. The molecule has 1 aliphatic rings. The molecule has 1 aliphatic carbocycles. The molecule has 4 rings (SSSR count). The van der Waals surface area contributed by atoms with Gasteiger partial charge in [-0.25, -0.2) is 0 Å². The standard InChI is InChI=1S/C27H30O4/c1-29-25-14-9-22(10-15-25)27(21-6-4-3-5-7-21,23-11-16-26(30-2)17-12-23)31-19-20-8-13-24(28)18-20/h3-7,9-12,14-17,20,24,28H,8,13,18-19H2,1-2H3/t20-,24-/m0/s1. The van der Waals surface area contributed by atoms with Crippen molar-refractivity contribution in [3.05, 3.63) is 95.6 Å². The molecule has 3 aromatic rings. The van der Waals surface area contributed by atoms with Crippen LogP contribution in [0.15, 0.2) is 78.9 Å². The summed E-state index contributed by atoms with van der Waals surface area (Å²) in [5, 5.41) is 10.0. The maximum atomic E-state index is 10.0. The van der Waals surface area contributed by atoms with Crippen LogP contribution in [0.3, 0.4) is 0 Å². The summed E-state index contributed by atoms with van der Waals surface area (Å²) < 4.78 is 17.7. The van der Waals surface area contributed by atoms with Crippen LogP contribution < -0.4 is 9.47 Å². The van der Waals surface area contributed by atoms with Gasteiger partial charge in [-0.05, 0) is 66.1 Å². The minimum absolute atomic E-state index is 0.221. The molecule has 0 spiro atoms. The van der Waals surface area contributed by atoms with E-state index < -0.39 is 5.60 Å². The Morgan fingerprint density at radius 1 is 0.742 bits per heavy atom. The van der Waals surface area contributed by atoms with E-state index >= 15 is 0 Å². The van der Waals surface area contributed by atoms with Crippen LogP contribution in [0.5, 0.6) is 11.5 Å². The van der Waals surface area contributed by atoms with E-state index in [0.717, 1.165) is 47.5 Å². The Kier molecular flexibility index (Phi) is 6.59. The third kappa shape index (κ3) is 4.46. The van der Waals surface area contributed by atoms with Crippen LogP contribution in [0.25, 0.3) is 0 Å². The number of hydrogen-bond acceptors (Lipinski definition) is 4. The maximum Gasteiger partial charge on any atom is 0.143 e. The average molecular weight is 419 g/mol. The molecular formula is C27H30O4. The summed E-state index contributed by atoms with van der Waals surface area (Å²) in [6.07, 6.45) is 2.40. The second-order valence-electron chi connectivity index (χ2n) is 8.15. The number of aliphatic hydroxyl groups is 1. The van der Waals surface area contributed by atoms with Crippen LogP contribution in [-0.4, -0.2) is 32.0 Å². The number of methoxy groups -OCH3 is 2. The number of aliphatic hydroxyl groups excluding tert-OH is 1. The predicted octanol–water partition coefficient (Wildman–Crippen LogP) is 5.17. The highest BCUT2D eigenvalue weighted by atomic mass is 16.5. The Hall–Kier alpha value is -2.82. The normalized spacial score (nSPS) is 18.7. The summed E-state index contributed by atoms with van der Waals surface area (Å²) in [5.41, 5.74) is 2.34. The van der Waals surface area contributed by atoms with Crippen LogP contribution in [0.4, 0.5) is 0 Å². The fourth-order valence-electron chi connectivity index (χ4n) is 4.52. The molecule has 0 unspecified atom stereocenters. The molecule has 0 heterocycles. The van der Waals surface area contributed by atoms with Gasteiger partial charge in [-0.15, -0.1) is 0 Å². The van der Waals surface area contributed by atoms with E-state index in [0.29, 0.717) is 12.5 Å². The van der Waals surface area contributed by atoms with Crippen molar-refractivity contribution >= 4 is 0 Å². The van der Waals surface area contributed by atoms with E-state index in [9.17, 15) is 5.11 Å². The zero-order valence-electron chi connectivity index (χ0n) is 18.2. The topological polar surface area (TPSA) is 47.9 Å². The zero-order chi connectivity index (χ0) is 21.7. The Bertz CT molecular complexity index is 903. The lowest BCUT2D eigenvalue weighted by molar-refractivity contribution is -0.00915. The Morgan fingerprint density at radius 2 is 1.26 bits per heavy atom. The van der Waals surface area contributed by atoms with Crippen molar-refractivity contribution in [2.75, 3.05) is 20.8 Å². The monoisotopic (exact) mass is 418 g/mol. The van der Waals surface area contributed by atoms with Crippen LogP contribution in [0.1, 0.15) is 36.0 Å². The molecule has 0 bridgehead atoms. The second kappa shape index (κ2) is 9.54. The SMILES string of the molecule is COc1ccc(C(OC[C@H]2CC[C@H](O)C2)(c2ccccc2)c2ccc(OC)cc2)cc1. The summed E-state index contributed by atoms with van der Waals surface area (Å²) in [4.78, 5) is 0. The zero-order valence-corrected chi connectivity index (χ0v) is 18.2. The van der Waals surface area contributed by atoms with E-state index in [1.54, 1.807) is 14.2 Å². The Balaban J connectivity index is 1.83. The fraction of sp³-hybridized carbons (Fsp3) is 0.333. The molecule has 0 radical (unpaired) electrons. The molecule has 1 fully saturated rings. The van der Waals surface area contributed by atoms with Crippen LogP contribution in [0.2, 0.25) is 0 Å². The smallest absolute Gasteiger partial charge is 0.143 e. The van der Waals surface area contributed by atoms with Crippen molar-refractivity contribution in [2.45, 2.75) is 31.0 Å². The largest absolute Gasteiger partial charge is 0.497 e.